The molecular weight excluding hydrogens is 382 g/mol. The smallest absolute Gasteiger partial charge is 0.0491 e. The van der Waals surface area contributed by atoms with Gasteiger partial charge in [0.1, 0.15) is 0 Å². The van der Waals surface area contributed by atoms with Crippen LogP contribution in [0.15, 0.2) is 54.3 Å². The van der Waals surface area contributed by atoms with Crippen LogP contribution in [-0.2, 0) is 19.3 Å². The van der Waals surface area contributed by atoms with E-state index in [4.69, 9.17) is 0 Å². The monoisotopic (exact) mass is 421 g/mol. The second-order valence-electron chi connectivity index (χ2n) is 8.87. The van der Waals surface area contributed by atoms with E-state index < -0.39 is 0 Å². The molecule has 0 spiro atoms. The molecule has 0 radical (unpaired) electrons. The van der Waals surface area contributed by atoms with Crippen molar-refractivity contribution in [2.75, 3.05) is 12.0 Å². The van der Waals surface area contributed by atoms with E-state index in [2.05, 4.69) is 69.5 Å². The highest BCUT2D eigenvalue weighted by molar-refractivity contribution is 7.98. The molecule has 1 aromatic carbocycles. The van der Waals surface area contributed by atoms with E-state index in [1.165, 1.54) is 72.2 Å². The maximum atomic E-state index is 4.35. The van der Waals surface area contributed by atoms with Crippen LogP contribution >= 0.6 is 11.8 Å². The molecule has 0 aromatic heterocycles. The number of unbranched alkanes of at least 4 members (excludes halogenated alkanes) is 3. The van der Waals surface area contributed by atoms with Crippen LogP contribution in [0.5, 0.6) is 0 Å². The van der Waals surface area contributed by atoms with Crippen molar-refractivity contribution in [2.24, 2.45) is 0 Å². The first-order valence-corrected chi connectivity index (χ1v) is 13.1. The number of hydrogen-bond acceptors (Lipinski definition) is 2. The number of fused-ring (bicyclic) bond motifs is 3. The Kier molecular flexibility index (Phi) is 8.11. The minimum Gasteiger partial charge on any atom is -0.343 e. The number of aryl methyl sites for hydroxylation is 2. The number of benzene rings is 1. The first-order chi connectivity index (χ1) is 14.5. The minimum atomic E-state index is 0.513. The summed E-state index contributed by atoms with van der Waals surface area (Å²) in [5.74, 6) is 1.19. The van der Waals surface area contributed by atoms with E-state index in [-0.39, 0.29) is 0 Å². The molecule has 2 heteroatoms. The van der Waals surface area contributed by atoms with Gasteiger partial charge in [0.25, 0.3) is 0 Å². The van der Waals surface area contributed by atoms with Crippen molar-refractivity contribution in [3.8, 4) is 0 Å². The zero-order valence-electron chi connectivity index (χ0n) is 19.5. The van der Waals surface area contributed by atoms with Gasteiger partial charge in [0.05, 0.1) is 0 Å². The minimum absolute atomic E-state index is 0.513. The molecule has 2 aliphatic heterocycles. The van der Waals surface area contributed by atoms with Crippen LogP contribution in [0.4, 0.5) is 0 Å². The van der Waals surface area contributed by atoms with Crippen LogP contribution in [-0.4, -0.2) is 23.0 Å². The molecule has 0 amide bonds. The highest BCUT2D eigenvalue weighted by atomic mass is 32.2. The Morgan fingerprint density at radius 3 is 2.63 bits per heavy atom. The fourth-order valence-electron chi connectivity index (χ4n) is 4.81. The summed E-state index contributed by atoms with van der Waals surface area (Å²) in [6.07, 6.45) is 16.8. The molecule has 3 rings (SSSR count). The molecule has 0 fully saturated rings. The number of nitrogens with zero attached hydrogens (tertiary/aromatic N) is 1. The standard InChI is InChI=1S/C28H39NS/c1-7-9-10-11-12-23-16-24-17-25(13-14-30-6)29-19-27(20(3)4)21(5)15-28(29)26(24)18-22(23)8-2/h15-16,18-19,25H,3,5,7-14,17H2,1-2,4,6H3. The Balaban J connectivity index is 1.99. The van der Waals surface area contributed by atoms with Gasteiger partial charge in [-0.1, -0.05) is 52.3 Å². The van der Waals surface area contributed by atoms with Crippen LogP contribution in [0.3, 0.4) is 0 Å². The van der Waals surface area contributed by atoms with Crippen molar-refractivity contribution < 1.29 is 0 Å². The summed E-state index contributed by atoms with van der Waals surface area (Å²) in [4.78, 5) is 2.53. The van der Waals surface area contributed by atoms with Gasteiger partial charge in [0, 0.05) is 23.5 Å². The number of thioether (sulfide) groups is 1. The summed E-state index contributed by atoms with van der Waals surface area (Å²) in [6.45, 7) is 15.2. The molecule has 1 atom stereocenters. The van der Waals surface area contributed by atoms with Crippen LogP contribution in [0.2, 0.25) is 0 Å². The summed E-state index contributed by atoms with van der Waals surface area (Å²) in [6, 6.07) is 5.55. The normalized spacial score (nSPS) is 17.9. The lowest BCUT2D eigenvalue weighted by Gasteiger charge is -2.41. The molecule has 30 heavy (non-hydrogen) atoms. The SMILES string of the molecule is C=C(C)C1=CN2C(=CC1=C)c1cc(CC)c(CCCCCC)cc1CC2CCSC. The van der Waals surface area contributed by atoms with E-state index in [0.29, 0.717) is 6.04 Å². The molecule has 1 aromatic rings. The summed E-state index contributed by atoms with van der Waals surface area (Å²) in [5, 5.41) is 0. The third-order valence-corrected chi connectivity index (χ3v) is 7.19. The van der Waals surface area contributed by atoms with E-state index in [1.807, 2.05) is 11.8 Å². The zero-order chi connectivity index (χ0) is 21.7. The summed E-state index contributed by atoms with van der Waals surface area (Å²) in [5.41, 5.74) is 10.8. The van der Waals surface area contributed by atoms with Crippen LogP contribution in [0.1, 0.15) is 75.1 Å². The number of hydrogen-bond donors (Lipinski definition) is 0. The third-order valence-electron chi connectivity index (χ3n) is 6.55. The molecule has 162 valence electrons. The predicted molar refractivity (Wildman–Crippen MR) is 136 cm³/mol. The zero-order valence-corrected chi connectivity index (χ0v) is 20.3. The fourth-order valence-corrected chi connectivity index (χ4v) is 5.32. The first-order valence-electron chi connectivity index (χ1n) is 11.7. The van der Waals surface area contributed by atoms with Gasteiger partial charge in [-0.15, -0.1) is 0 Å². The third kappa shape index (κ3) is 4.97. The van der Waals surface area contributed by atoms with Gasteiger partial charge in [-0.25, -0.2) is 0 Å². The van der Waals surface area contributed by atoms with E-state index in [9.17, 15) is 0 Å². The quantitative estimate of drug-likeness (QED) is 0.356. The Hall–Kier alpha value is -1.67. The van der Waals surface area contributed by atoms with Gasteiger partial charge in [0.15, 0.2) is 0 Å². The Morgan fingerprint density at radius 1 is 1.17 bits per heavy atom. The molecule has 1 nitrogen and oxygen atoms in total. The van der Waals surface area contributed by atoms with Crippen LogP contribution < -0.4 is 0 Å². The molecule has 0 N–H and O–H groups in total. The van der Waals surface area contributed by atoms with Gasteiger partial charge in [-0.2, -0.15) is 11.8 Å². The van der Waals surface area contributed by atoms with Gasteiger partial charge in [-0.3, -0.25) is 0 Å². The molecule has 0 aliphatic carbocycles. The van der Waals surface area contributed by atoms with E-state index in [0.717, 1.165) is 24.0 Å². The van der Waals surface area contributed by atoms with Gasteiger partial charge in [-0.05, 0) is 96.6 Å². The summed E-state index contributed by atoms with van der Waals surface area (Å²) in [7, 11) is 0. The van der Waals surface area contributed by atoms with E-state index >= 15 is 0 Å². The largest absolute Gasteiger partial charge is 0.343 e. The van der Waals surface area contributed by atoms with Crippen molar-refractivity contribution in [1.82, 2.24) is 4.90 Å². The predicted octanol–water partition coefficient (Wildman–Crippen LogP) is 7.72. The highest BCUT2D eigenvalue weighted by Gasteiger charge is 2.31. The molecule has 0 saturated heterocycles. The average Bonchev–Trinajstić information content (AvgIpc) is 2.73. The molecule has 0 bridgehead atoms. The fraction of sp³-hybridized carbons (Fsp3) is 0.500. The molecule has 1 unspecified atom stereocenters. The summed E-state index contributed by atoms with van der Waals surface area (Å²) >= 11 is 1.95. The molecular formula is C28H39NS. The topological polar surface area (TPSA) is 3.24 Å². The van der Waals surface area contributed by atoms with Gasteiger partial charge in [0.2, 0.25) is 0 Å². The van der Waals surface area contributed by atoms with Crippen molar-refractivity contribution in [3.63, 3.8) is 0 Å². The lowest BCUT2D eigenvalue weighted by atomic mass is 9.83. The lowest BCUT2D eigenvalue weighted by molar-refractivity contribution is 0.354. The molecule has 0 saturated carbocycles. The van der Waals surface area contributed by atoms with Crippen molar-refractivity contribution in [1.29, 1.82) is 0 Å². The first kappa shape index (κ1) is 23.0. The van der Waals surface area contributed by atoms with Crippen LogP contribution in [0, 0.1) is 0 Å². The average molecular weight is 422 g/mol. The maximum absolute atomic E-state index is 4.35. The van der Waals surface area contributed by atoms with Gasteiger partial charge >= 0.3 is 0 Å². The Labute approximate surface area is 189 Å². The maximum Gasteiger partial charge on any atom is 0.0491 e. The van der Waals surface area contributed by atoms with Crippen LogP contribution in [0.25, 0.3) is 5.70 Å². The Bertz CT molecular complexity index is 858. The highest BCUT2D eigenvalue weighted by Crippen LogP contribution is 2.41. The number of rotatable bonds is 10. The summed E-state index contributed by atoms with van der Waals surface area (Å²) < 4.78 is 0. The van der Waals surface area contributed by atoms with Gasteiger partial charge < -0.3 is 4.90 Å². The van der Waals surface area contributed by atoms with Crippen molar-refractivity contribution in [3.05, 3.63) is 76.5 Å². The van der Waals surface area contributed by atoms with Crippen molar-refractivity contribution >= 4 is 17.5 Å². The second-order valence-corrected chi connectivity index (χ2v) is 9.85. The van der Waals surface area contributed by atoms with Crippen molar-refractivity contribution in [2.45, 2.75) is 78.2 Å². The number of allylic oxidation sites excluding steroid dienone is 4. The molecule has 2 aliphatic rings. The Morgan fingerprint density at radius 2 is 1.97 bits per heavy atom. The molecule has 2 heterocycles. The van der Waals surface area contributed by atoms with E-state index in [1.54, 1.807) is 5.56 Å². The lowest BCUT2D eigenvalue weighted by Crippen LogP contribution is -2.38. The second kappa shape index (κ2) is 10.6.